The summed E-state index contributed by atoms with van der Waals surface area (Å²) in [6.07, 6.45) is 1.43. The fourth-order valence-corrected chi connectivity index (χ4v) is 2.21. The molecule has 0 aliphatic carbocycles. The lowest BCUT2D eigenvalue weighted by Gasteiger charge is -2.24. The Bertz CT molecular complexity index is 587. The number of hydrogen-bond acceptors (Lipinski definition) is 5. The van der Waals surface area contributed by atoms with Crippen molar-refractivity contribution in [2.24, 2.45) is 5.92 Å². The van der Waals surface area contributed by atoms with Crippen LogP contribution in [-0.4, -0.2) is 26.8 Å². The van der Waals surface area contributed by atoms with Crippen molar-refractivity contribution in [3.63, 3.8) is 0 Å². The molecular formula is C14H26N4O3. The summed E-state index contributed by atoms with van der Waals surface area (Å²) in [5, 5.41) is 13.0. The Morgan fingerprint density at radius 1 is 1.43 bits per heavy atom. The molecule has 1 aromatic rings. The Balaban J connectivity index is 3.08. The summed E-state index contributed by atoms with van der Waals surface area (Å²) >= 11 is 0. The molecule has 0 bridgehead atoms. The standard InChI is InChI=1S/C14H26N4O3/c1-5-6-14(4,21)8-16-10-11(15)18(7-9(2)3)13(20)17-12(10)19/h9,16,21H,5-8,15H2,1-4H3,(H,17,19,20). The van der Waals surface area contributed by atoms with Crippen molar-refractivity contribution in [1.29, 1.82) is 0 Å². The Morgan fingerprint density at radius 2 is 2.05 bits per heavy atom. The van der Waals surface area contributed by atoms with Gasteiger partial charge in [0.1, 0.15) is 11.5 Å². The minimum absolute atomic E-state index is 0.102. The molecule has 0 saturated carbocycles. The SMILES string of the molecule is CCCC(C)(O)CNc1c(N)n(CC(C)C)c(=O)[nH]c1=O. The summed E-state index contributed by atoms with van der Waals surface area (Å²) in [4.78, 5) is 25.9. The van der Waals surface area contributed by atoms with Gasteiger partial charge in [-0.1, -0.05) is 27.2 Å². The van der Waals surface area contributed by atoms with Gasteiger partial charge in [-0.3, -0.25) is 14.3 Å². The molecule has 120 valence electrons. The molecule has 0 aliphatic heterocycles. The zero-order chi connectivity index (χ0) is 16.2. The van der Waals surface area contributed by atoms with E-state index in [2.05, 4.69) is 10.3 Å². The van der Waals surface area contributed by atoms with Gasteiger partial charge in [0, 0.05) is 13.1 Å². The summed E-state index contributed by atoms with van der Waals surface area (Å²) in [6.45, 7) is 8.18. The maximum absolute atomic E-state index is 11.9. The molecule has 0 spiro atoms. The molecule has 0 radical (unpaired) electrons. The minimum atomic E-state index is -0.938. The van der Waals surface area contributed by atoms with E-state index in [1.165, 1.54) is 4.57 Å². The lowest BCUT2D eigenvalue weighted by molar-refractivity contribution is 0.0636. The van der Waals surface area contributed by atoms with Gasteiger partial charge in [0.2, 0.25) is 0 Å². The predicted molar refractivity (Wildman–Crippen MR) is 84.6 cm³/mol. The molecule has 1 rings (SSSR count). The average molecular weight is 298 g/mol. The summed E-state index contributed by atoms with van der Waals surface area (Å²) in [7, 11) is 0. The number of aromatic amines is 1. The van der Waals surface area contributed by atoms with Crippen molar-refractivity contribution in [2.75, 3.05) is 17.6 Å². The van der Waals surface area contributed by atoms with Crippen molar-refractivity contribution >= 4 is 11.5 Å². The Kier molecular flexibility index (Phi) is 5.60. The summed E-state index contributed by atoms with van der Waals surface area (Å²) < 4.78 is 1.34. The molecular weight excluding hydrogens is 272 g/mol. The quantitative estimate of drug-likeness (QED) is 0.593. The maximum atomic E-state index is 11.9. The highest BCUT2D eigenvalue weighted by molar-refractivity contribution is 5.60. The van der Waals surface area contributed by atoms with Gasteiger partial charge in [-0.2, -0.15) is 0 Å². The minimum Gasteiger partial charge on any atom is -0.388 e. The average Bonchev–Trinajstić information content (AvgIpc) is 2.33. The number of rotatable bonds is 7. The van der Waals surface area contributed by atoms with Gasteiger partial charge in [-0.15, -0.1) is 0 Å². The monoisotopic (exact) mass is 298 g/mol. The van der Waals surface area contributed by atoms with Crippen molar-refractivity contribution in [2.45, 2.75) is 52.7 Å². The summed E-state index contributed by atoms with van der Waals surface area (Å²) in [5.74, 6) is 0.316. The first kappa shape index (κ1) is 17.3. The normalized spacial score (nSPS) is 14.2. The zero-order valence-corrected chi connectivity index (χ0v) is 13.2. The van der Waals surface area contributed by atoms with Crippen molar-refractivity contribution in [3.8, 4) is 0 Å². The number of aliphatic hydroxyl groups is 1. The van der Waals surface area contributed by atoms with E-state index in [1.807, 2.05) is 20.8 Å². The number of H-pyrrole nitrogens is 1. The second-order valence-electron chi connectivity index (χ2n) is 6.12. The van der Waals surface area contributed by atoms with E-state index in [9.17, 15) is 14.7 Å². The zero-order valence-electron chi connectivity index (χ0n) is 13.2. The lowest BCUT2D eigenvalue weighted by Crippen LogP contribution is -2.38. The lowest BCUT2D eigenvalue weighted by atomic mass is 10.0. The van der Waals surface area contributed by atoms with E-state index >= 15 is 0 Å². The predicted octanol–water partition coefficient (Wildman–Crippen LogP) is 0.738. The molecule has 0 fully saturated rings. The number of nitrogens with zero attached hydrogens (tertiary/aromatic N) is 1. The van der Waals surface area contributed by atoms with Gasteiger partial charge in [-0.25, -0.2) is 4.79 Å². The first-order valence-corrected chi connectivity index (χ1v) is 7.26. The molecule has 1 aromatic heterocycles. The molecule has 5 N–H and O–H groups in total. The molecule has 7 heteroatoms. The van der Waals surface area contributed by atoms with Gasteiger partial charge in [0.15, 0.2) is 0 Å². The molecule has 0 aliphatic rings. The van der Waals surface area contributed by atoms with Gasteiger partial charge in [-0.05, 0) is 19.3 Å². The van der Waals surface area contributed by atoms with Gasteiger partial charge in [0.05, 0.1) is 5.60 Å². The molecule has 1 unspecified atom stereocenters. The van der Waals surface area contributed by atoms with Crippen molar-refractivity contribution in [3.05, 3.63) is 20.8 Å². The fraction of sp³-hybridized carbons (Fsp3) is 0.714. The highest BCUT2D eigenvalue weighted by Gasteiger charge is 2.21. The largest absolute Gasteiger partial charge is 0.388 e. The Labute approximate surface area is 124 Å². The molecule has 0 saturated heterocycles. The van der Waals surface area contributed by atoms with E-state index in [1.54, 1.807) is 6.92 Å². The molecule has 1 heterocycles. The van der Waals surface area contributed by atoms with Crippen LogP contribution in [-0.2, 0) is 6.54 Å². The third-order valence-corrected chi connectivity index (χ3v) is 3.22. The number of aromatic nitrogens is 2. The number of anilines is 2. The van der Waals surface area contributed by atoms with E-state index in [-0.39, 0.29) is 24.0 Å². The van der Waals surface area contributed by atoms with Crippen LogP contribution in [0.5, 0.6) is 0 Å². The van der Waals surface area contributed by atoms with E-state index < -0.39 is 16.9 Å². The van der Waals surface area contributed by atoms with Gasteiger partial charge >= 0.3 is 5.69 Å². The number of nitrogens with two attached hydrogens (primary N) is 1. The van der Waals surface area contributed by atoms with Crippen LogP contribution in [0, 0.1) is 5.92 Å². The first-order valence-electron chi connectivity index (χ1n) is 7.26. The maximum Gasteiger partial charge on any atom is 0.330 e. The first-order chi connectivity index (χ1) is 9.68. The Hall–Kier alpha value is -1.76. The second kappa shape index (κ2) is 6.80. The van der Waals surface area contributed by atoms with Crippen LogP contribution in [0.15, 0.2) is 9.59 Å². The van der Waals surface area contributed by atoms with Crippen LogP contribution in [0.2, 0.25) is 0 Å². The number of hydrogen-bond donors (Lipinski definition) is 4. The van der Waals surface area contributed by atoms with Gasteiger partial charge in [0.25, 0.3) is 5.56 Å². The highest BCUT2D eigenvalue weighted by atomic mass is 16.3. The van der Waals surface area contributed by atoms with E-state index in [0.717, 1.165) is 6.42 Å². The van der Waals surface area contributed by atoms with Crippen LogP contribution in [0.1, 0.15) is 40.5 Å². The summed E-state index contributed by atoms with van der Waals surface area (Å²) in [6, 6.07) is 0. The van der Waals surface area contributed by atoms with E-state index in [0.29, 0.717) is 13.0 Å². The van der Waals surface area contributed by atoms with Crippen molar-refractivity contribution in [1.82, 2.24) is 9.55 Å². The van der Waals surface area contributed by atoms with Crippen LogP contribution >= 0.6 is 0 Å². The third kappa shape index (κ3) is 4.63. The number of nitrogen functional groups attached to an aromatic ring is 1. The van der Waals surface area contributed by atoms with Crippen LogP contribution in [0.3, 0.4) is 0 Å². The molecule has 0 amide bonds. The van der Waals surface area contributed by atoms with Crippen LogP contribution < -0.4 is 22.3 Å². The molecule has 0 aromatic carbocycles. The van der Waals surface area contributed by atoms with Gasteiger partial charge < -0.3 is 16.2 Å². The summed E-state index contributed by atoms with van der Waals surface area (Å²) in [5.41, 5.74) is 4.05. The fourth-order valence-electron chi connectivity index (χ4n) is 2.21. The number of nitrogens with one attached hydrogen (secondary N) is 2. The third-order valence-electron chi connectivity index (χ3n) is 3.22. The smallest absolute Gasteiger partial charge is 0.330 e. The topological polar surface area (TPSA) is 113 Å². The van der Waals surface area contributed by atoms with E-state index in [4.69, 9.17) is 5.73 Å². The van der Waals surface area contributed by atoms with Crippen LogP contribution in [0.4, 0.5) is 11.5 Å². The molecule has 7 nitrogen and oxygen atoms in total. The molecule has 1 atom stereocenters. The second-order valence-corrected chi connectivity index (χ2v) is 6.12. The Morgan fingerprint density at radius 3 is 2.57 bits per heavy atom. The van der Waals surface area contributed by atoms with Crippen LogP contribution in [0.25, 0.3) is 0 Å². The molecule has 21 heavy (non-hydrogen) atoms. The highest BCUT2D eigenvalue weighted by Crippen LogP contribution is 2.16. The van der Waals surface area contributed by atoms with Crippen molar-refractivity contribution < 1.29 is 5.11 Å².